The van der Waals surface area contributed by atoms with Crippen LogP contribution in [0.1, 0.15) is 25.8 Å². The van der Waals surface area contributed by atoms with Gasteiger partial charge >= 0.3 is 0 Å². The summed E-state index contributed by atoms with van der Waals surface area (Å²) >= 11 is 0. The predicted octanol–water partition coefficient (Wildman–Crippen LogP) is 3.00. The van der Waals surface area contributed by atoms with Crippen molar-refractivity contribution in [3.05, 3.63) is 54.4 Å². The summed E-state index contributed by atoms with van der Waals surface area (Å²) < 4.78 is 0. The van der Waals surface area contributed by atoms with Crippen molar-refractivity contribution in [2.45, 2.75) is 32.4 Å². The molecule has 106 valence electrons. The standard InChI is InChI=1S/C17H22N2O/c1-17(2,8-11-20)19-13-14-4-3-5-16(12-14)15-6-9-18-10-7-15/h3-7,9-10,12,19-20H,8,11,13H2,1-2H3. The normalized spacial score (nSPS) is 11.6. The van der Waals surface area contributed by atoms with E-state index in [9.17, 15) is 0 Å². The summed E-state index contributed by atoms with van der Waals surface area (Å²) in [5.74, 6) is 0. The number of rotatable bonds is 6. The maximum absolute atomic E-state index is 9.05. The molecule has 3 nitrogen and oxygen atoms in total. The molecule has 1 aromatic carbocycles. The molecule has 2 N–H and O–H groups in total. The van der Waals surface area contributed by atoms with E-state index in [4.69, 9.17) is 5.11 Å². The summed E-state index contributed by atoms with van der Waals surface area (Å²) in [6.07, 6.45) is 4.37. The van der Waals surface area contributed by atoms with Crippen LogP contribution >= 0.6 is 0 Å². The Kier molecular flexibility index (Phi) is 4.88. The fourth-order valence-corrected chi connectivity index (χ4v) is 2.11. The molecule has 0 spiro atoms. The van der Waals surface area contributed by atoms with Crippen LogP contribution < -0.4 is 5.32 Å². The Morgan fingerprint density at radius 2 is 1.85 bits per heavy atom. The first-order valence-electron chi connectivity index (χ1n) is 6.96. The zero-order chi connectivity index (χ0) is 14.4. The number of nitrogens with zero attached hydrogens (tertiary/aromatic N) is 1. The van der Waals surface area contributed by atoms with Crippen molar-refractivity contribution in [3.63, 3.8) is 0 Å². The molecule has 1 aromatic heterocycles. The minimum atomic E-state index is -0.0541. The minimum Gasteiger partial charge on any atom is -0.396 e. The molecule has 0 amide bonds. The first-order valence-corrected chi connectivity index (χ1v) is 6.96. The Morgan fingerprint density at radius 3 is 2.55 bits per heavy atom. The van der Waals surface area contributed by atoms with Crippen LogP contribution in [0.3, 0.4) is 0 Å². The number of hydrogen-bond acceptors (Lipinski definition) is 3. The first kappa shape index (κ1) is 14.7. The van der Waals surface area contributed by atoms with Crippen LogP contribution in [0.2, 0.25) is 0 Å². The third-order valence-corrected chi connectivity index (χ3v) is 3.45. The molecule has 0 saturated heterocycles. The molecule has 0 radical (unpaired) electrons. The van der Waals surface area contributed by atoms with E-state index in [1.165, 1.54) is 16.7 Å². The van der Waals surface area contributed by atoms with Crippen molar-refractivity contribution in [2.75, 3.05) is 6.61 Å². The van der Waals surface area contributed by atoms with Gasteiger partial charge in [-0.1, -0.05) is 18.2 Å². The van der Waals surface area contributed by atoms with Gasteiger partial charge < -0.3 is 10.4 Å². The van der Waals surface area contributed by atoms with E-state index in [0.717, 1.165) is 13.0 Å². The average Bonchev–Trinajstić information content (AvgIpc) is 2.47. The van der Waals surface area contributed by atoms with Crippen LogP contribution in [-0.4, -0.2) is 22.2 Å². The number of hydrogen-bond donors (Lipinski definition) is 2. The van der Waals surface area contributed by atoms with Gasteiger partial charge in [-0.15, -0.1) is 0 Å². The Morgan fingerprint density at radius 1 is 1.10 bits per heavy atom. The van der Waals surface area contributed by atoms with E-state index in [1.807, 2.05) is 24.5 Å². The molecule has 0 atom stereocenters. The van der Waals surface area contributed by atoms with Crippen molar-refractivity contribution >= 4 is 0 Å². The van der Waals surface area contributed by atoms with Gasteiger partial charge in [0.25, 0.3) is 0 Å². The molecule has 1 heterocycles. The Bertz CT molecular complexity index is 538. The highest BCUT2D eigenvalue weighted by Crippen LogP contribution is 2.20. The summed E-state index contributed by atoms with van der Waals surface area (Å²) in [4.78, 5) is 4.05. The second kappa shape index (κ2) is 6.64. The Labute approximate surface area is 120 Å². The second-order valence-electron chi connectivity index (χ2n) is 5.65. The Balaban J connectivity index is 2.07. The monoisotopic (exact) mass is 270 g/mol. The van der Waals surface area contributed by atoms with Crippen molar-refractivity contribution in [2.24, 2.45) is 0 Å². The number of aliphatic hydroxyl groups is 1. The molecule has 3 heteroatoms. The van der Waals surface area contributed by atoms with Gasteiger partial charge in [-0.2, -0.15) is 0 Å². The summed E-state index contributed by atoms with van der Waals surface area (Å²) in [5, 5.41) is 12.5. The maximum Gasteiger partial charge on any atom is 0.0448 e. The summed E-state index contributed by atoms with van der Waals surface area (Å²) in [6, 6.07) is 12.5. The van der Waals surface area contributed by atoms with Crippen LogP contribution in [0.25, 0.3) is 11.1 Å². The van der Waals surface area contributed by atoms with E-state index < -0.39 is 0 Å². The lowest BCUT2D eigenvalue weighted by Crippen LogP contribution is -2.39. The van der Waals surface area contributed by atoms with Gasteiger partial charge in [0, 0.05) is 31.1 Å². The zero-order valence-corrected chi connectivity index (χ0v) is 12.1. The van der Waals surface area contributed by atoms with Crippen molar-refractivity contribution in [1.82, 2.24) is 10.3 Å². The van der Waals surface area contributed by atoms with E-state index >= 15 is 0 Å². The van der Waals surface area contributed by atoms with Crippen molar-refractivity contribution in [3.8, 4) is 11.1 Å². The van der Waals surface area contributed by atoms with Gasteiger partial charge in [0.15, 0.2) is 0 Å². The van der Waals surface area contributed by atoms with Crippen LogP contribution in [0, 0.1) is 0 Å². The molecule has 0 fully saturated rings. The lowest BCUT2D eigenvalue weighted by molar-refractivity contribution is 0.230. The van der Waals surface area contributed by atoms with Gasteiger partial charge in [-0.25, -0.2) is 0 Å². The largest absolute Gasteiger partial charge is 0.396 e. The molecule has 0 bridgehead atoms. The number of pyridine rings is 1. The molecule has 0 aliphatic rings. The molecule has 2 rings (SSSR count). The number of aliphatic hydroxyl groups excluding tert-OH is 1. The molecule has 0 saturated carbocycles. The van der Waals surface area contributed by atoms with E-state index in [2.05, 4.69) is 48.4 Å². The van der Waals surface area contributed by atoms with Gasteiger partial charge in [0.1, 0.15) is 0 Å². The summed E-state index contributed by atoms with van der Waals surface area (Å²) in [7, 11) is 0. The first-order chi connectivity index (χ1) is 9.61. The lowest BCUT2D eigenvalue weighted by Gasteiger charge is -2.25. The van der Waals surface area contributed by atoms with E-state index in [-0.39, 0.29) is 12.1 Å². The lowest BCUT2D eigenvalue weighted by atomic mass is 10.00. The van der Waals surface area contributed by atoms with E-state index in [1.54, 1.807) is 0 Å². The SMILES string of the molecule is CC(C)(CCO)NCc1cccc(-c2ccncc2)c1. The fourth-order valence-electron chi connectivity index (χ4n) is 2.11. The number of nitrogens with one attached hydrogen (secondary N) is 1. The van der Waals surface area contributed by atoms with Crippen molar-refractivity contribution in [1.29, 1.82) is 0 Å². The summed E-state index contributed by atoms with van der Waals surface area (Å²) in [5.41, 5.74) is 3.56. The predicted molar refractivity (Wildman–Crippen MR) is 82.3 cm³/mol. The van der Waals surface area contributed by atoms with Gasteiger partial charge in [-0.3, -0.25) is 4.98 Å². The van der Waals surface area contributed by atoms with Gasteiger partial charge in [0.2, 0.25) is 0 Å². The topological polar surface area (TPSA) is 45.1 Å². The van der Waals surface area contributed by atoms with Crippen molar-refractivity contribution < 1.29 is 5.11 Å². The highest BCUT2D eigenvalue weighted by molar-refractivity contribution is 5.63. The van der Waals surface area contributed by atoms with Crippen LogP contribution in [0.4, 0.5) is 0 Å². The third kappa shape index (κ3) is 4.15. The third-order valence-electron chi connectivity index (χ3n) is 3.45. The Hall–Kier alpha value is -1.71. The van der Waals surface area contributed by atoms with Gasteiger partial charge in [0.05, 0.1) is 0 Å². The molecular weight excluding hydrogens is 248 g/mol. The molecule has 0 unspecified atom stereocenters. The van der Waals surface area contributed by atoms with Crippen LogP contribution in [-0.2, 0) is 6.54 Å². The molecule has 20 heavy (non-hydrogen) atoms. The zero-order valence-electron chi connectivity index (χ0n) is 12.1. The fraction of sp³-hybridized carbons (Fsp3) is 0.353. The summed E-state index contributed by atoms with van der Waals surface area (Å²) in [6.45, 7) is 5.22. The smallest absolute Gasteiger partial charge is 0.0448 e. The average molecular weight is 270 g/mol. The highest BCUT2D eigenvalue weighted by atomic mass is 16.3. The quantitative estimate of drug-likeness (QED) is 0.848. The molecule has 2 aromatic rings. The molecular formula is C17H22N2O. The minimum absolute atomic E-state index is 0.0541. The van der Waals surface area contributed by atoms with E-state index in [0.29, 0.717) is 0 Å². The van der Waals surface area contributed by atoms with Gasteiger partial charge in [-0.05, 0) is 55.2 Å². The van der Waals surface area contributed by atoms with Crippen LogP contribution in [0.5, 0.6) is 0 Å². The number of aromatic nitrogens is 1. The maximum atomic E-state index is 9.05. The van der Waals surface area contributed by atoms with Crippen LogP contribution in [0.15, 0.2) is 48.8 Å². The molecule has 0 aliphatic heterocycles. The number of benzene rings is 1. The highest BCUT2D eigenvalue weighted by Gasteiger charge is 2.15. The second-order valence-corrected chi connectivity index (χ2v) is 5.65. The molecule has 0 aliphatic carbocycles.